The summed E-state index contributed by atoms with van der Waals surface area (Å²) in [4.78, 5) is 0.280. The van der Waals surface area contributed by atoms with E-state index in [4.69, 9.17) is 16.7 Å². The Morgan fingerprint density at radius 2 is 2.00 bits per heavy atom. The summed E-state index contributed by atoms with van der Waals surface area (Å²) in [6.45, 7) is 1.42. The molecule has 0 heterocycles. The van der Waals surface area contributed by atoms with Gasteiger partial charge in [0.2, 0.25) is 0 Å². The Morgan fingerprint density at radius 1 is 1.26 bits per heavy atom. The SMILES string of the molecule is CS(=O)(=O)c1cccc(Cl)c1CNCCCCCO. The first-order valence-electron chi connectivity index (χ1n) is 6.26. The topological polar surface area (TPSA) is 66.4 Å². The standard InChI is InChI=1S/C13H20ClNO3S/c1-19(17,18)13-7-5-6-12(14)11(13)10-15-8-3-2-4-9-16/h5-7,15-16H,2-4,8-10H2,1H3. The molecule has 0 aliphatic heterocycles. The van der Waals surface area contributed by atoms with Gasteiger partial charge in [0, 0.05) is 30.0 Å². The highest BCUT2D eigenvalue weighted by atomic mass is 35.5. The van der Waals surface area contributed by atoms with Crippen LogP contribution in [0.5, 0.6) is 0 Å². The molecule has 2 N–H and O–H groups in total. The zero-order valence-corrected chi connectivity index (χ0v) is 12.6. The fraction of sp³-hybridized carbons (Fsp3) is 0.538. The lowest BCUT2D eigenvalue weighted by Gasteiger charge is -2.11. The average Bonchev–Trinajstić information content (AvgIpc) is 2.33. The van der Waals surface area contributed by atoms with Gasteiger partial charge in [0.15, 0.2) is 9.84 Å². The summed E-state index contributed by atoms with van der Waals surface area (Å²) in [5, 5.41) is 12.3. The molecular weight excluding hydrogens is 286 g/mol. The van der Waals surface area contributed by atoms with Crippen LogP contribution in [0.3, 0.4) is 0 Å². The predicted molar refractivity (Wildman–Crippen MR) is 77.2 cm³/mol. The van der Waals surface area contributed by atoms with Crippen LogP contribution in [0.4, 0.5) is 0 Å². The van der Waals surface area contributed by atoms with Gasteiger partial charge < -0.3 is 10.4 Å². The summed E-state index contributed by atoms with van der Waals surface area (Å²) in [5.41, 5.74) is 0.619. The Bertz CT molecular complexity index is 503. The van der Waals surface area contributed by atoms with Gasteiger partial charge in [0.1, 0.15) is 0 Å². The molecule has 4 nitrogen and oxygen atoms in total. The van der Waals surface area contributed by atoms with Crippen molar-refractivity contribution < 1.29 is 13.5 Å². The molecule has 108 valence electrons. The number of nitrogens with one attached hydrogen (secondary N) is 1. The second-order valence-electron chi connectivity index (χ2n) is 4.45. The molecule has 0 atom stereocenters. The first-order chi connectivity index (χ1) is 8.96. The molecule has 0 bridgehead atoms. The van der Waals surface area contributed by atoms with E-state index >= 15 is 0 Å². The molecule has 0 aliphatic rings. The maximum Gasteiger partial charge on any atom is 0.175 e. The van der Waals surface area contributed by atoms with Crippen LogP contribution in [0.15, 0.2) is 23.1 Å². The van der Waals surface area contributed by atoms with E-state index in [1.165, 1.54) is 6.26 Å². The van der Waals surface area contributed by atoms with Gasteiger partial charge in [-0.05, 0) is 37.9 Å². The Morgan fingerprint density at radius 3 is 2.63 bits per heavy atom. The maximum absolute atomic E-state index is 11.7. The summed E-state index contributed by atoms with van der Waals surface area (Å²) in [7, 11) is -3.26. The van der Waals surface area contributed by atoms with E-state index in [9.17, 15) is 8.42 Å². The molecule has 0 saturated heterocycles. The van der Waals surface area contributed by atoms with E-state index in [1.54, 1.807) is 18.2 Å². The Labute approximate surface area is 119 Å². The molecule has 19 heavy (non-hydrogen) atoms. The van der Waals surface area contributed by atoms with Crippen molar-refractivity contribution in [1.82, 2.24) is 5.32 Å². The quantitative estimate of drug-likeness (QED) is 0.721. The average molecular weight is 306 g/mol. The number of aliphatic hydroxyl groups excluding tert-OH is 1. The lowest BCUT2D eigenvalue weighted by molar-refractivity contribution is 0.283. The fourth-order valence-electron chi connectivity index (χ4n) is 1.81. The van der Waals surface area contributed by atoms with Crippen LogP contribution < -0.4 is 5.32 Å². The third-order valence-electron chi connectivity index (χ3n) is 2.79. The molecule has 6 heteroatoms. The largest absolute Gasteiger partial charge is 0.396 e. The molecule has 0 fully saturated rings. The second-order valence-corrected chi connectivity index (χ2v) is 6.84. The number of rotatable bonds is 8. The van der Waals surface area contributed by atoms with Gasteiger partial charge in [0.25, 0.3) is 0 Å². The van der Waals surface area contributed by atoms with E-state index in [2.05, 4.69) is 5.32 Å². The highest BCUT2D eigenvalue weighted by molar-refractivity contribution is 7.90. The molecule has 0 spiro atoms. The van der Waals surface area contributed by atoms with Crippen molar-refractivity contribution in [3.63, 3.8) is 0 Å². The fourth-order valence-corrected chi connectivity index (χ4v) is 3.06. The Hall–Kier alpha value is -0.620. The minimum Gasteiger partial charge on any atom is -0.396 e. The first kappa shape index (κ1) is 16.4. The summed E-state index contributed by atoms with van der Waals surface area (Å²) >= 11 is 6.06. The van der Waals surface area contributed by atoms with Crippen LogP contribution in [-0.4, -0.2) is 32.9 Å². The van der Waals surface area contributed by atoms with Crippen molar-refractivity contribution >= 4 is 21.4 Å². The summed E-state index contributed by atoms with van der Waals surface area (Å²) in [6, 6.07) is 4.91. The van der Waals surface area contributed by atoms with E-state index in [1.807, 2.05) is 0 Å². The number of sulfone groups is 1. The van der Waals surface area contributed by atoms with Gasteiger partial charge in [0.05, 0.1) is 4.90 Å². The van der Waals surface area contributed by atoms with Gasteiger partial charge in [-0.3, -0.25) is 0 Å². The van der Waals surface area contributed by atoms with Crippen LogP contribution in [0, 0.1) is 0 Å². The third kappa shape index (κ3) is 5.48. The molecule has 1 aromatic rings. The molecule has 0 amide bonds. The molecule has 0 unspecified atom stereocenters. The predicted octanol–water partition coefficient (Wildman–Crippen LogP) is 2.00. The van der Waals surface area contributed by atoms with Crippen molar-refractivity contribution in [2.45, 2.75) is 30.7 Å². The molecule has 0 aromatic heterocycles. The molecule has 0 saturated carbocycles. The van der Waals surface area contributed by atoms with Gasteiger partial charge in [-0.2, -0.15) is 0 Å². The van der Waals surface area contributed by atoms with Crippen LogP contribution in [0.2, 0.25) is 5.02 Å². The zero-order valence-electron chi connectivity index (χ0n) is 11.0. The number of benzene rings is 1. The zero-order chi connectivity index (χ0) is 14.3. The Balaban J connectivity index is 2.63. The van der Waals surface area contributed by atoms with Crippen molar-refractivity contribution in [1.29, 1.82) is 0 Å². The van der Waals surface area contributed by atoms with Crippen LogP contribution in [0.25, 0.3) is 0 Å². The van der Waals surface area contributed by atoms with Crippen molar-refractivity contribution in [3.8, 4) is 0 Å². The summed E-state index contributed by atoms with van der Waals surface area (Å²) < 4.78 is 23.3. The monoisotopic (exact) mass is 305 g/mol. The van der Waals surface area contributed by atoms with E-state index in [0.717, 1.165) is 25.8 Å². The highest BCUT2D eigenvalue weighted by Gasteiger charge is 2.15. The summed E-state index contributed by atoms with van der Waals surface area (Å²) in [6.07, 6.45) is 3.87. The second kappa shape index (κ2) is 7.85. The van der Waals surface area contributed by atoms with Crippen LogP contribution in [0.1, 0.15) is 24.8 Å². The van der Waals surface area contributed by atoms with Crippen molar-refractivity contribution in [2.24, 2.45) is 0 Å². The molecule has 0 radical (unpaired) electrons. The van der Waals surface area contributed by atoms with Gasteiger partial charge in [-0.25, -0.2) is 8.42 Å². The Kier molecular flexibility index (Phi) is 6.79. The van der Waals surface area contributed by atoms with Gasteiger partial charge in [-0.15, -0.1) is 0 Å². The number of hydrogen-bond donors (Lipinski definition) is 2. The van der Waals surface area contributed by atoms with Gasteiger partial charge >= 0.3 is 0 Å². The minimum absolute atomic E-state index is 0.211. The maximum atomic E-state index is 11.7. The van der Waals surface area contributed by atoms with E-state index in [0.29, 0.717) is 17.1 Å². The third-order valence-corrected chi connectivity index (χ3v) is 4.32. The van der Waals surface area contributed by atoms with Crippen molar-refractivity contribution in [3.05, 3.63) is 28.8 Å². The number of aliphatic hydroxyl groups is 1. The number of unbranched alkanes of at least 4 members (excludes halogenated alkanes) is 2. The summed E-state index contributed by atoms with van der Waals surface area (Å²) in [5.74, 6) is 0. The lowest BCUT2D eigenvalue weighted by atomic mass is 10.2. The number of hydrogen-bond acceptors (Lipinski definition) is 4. The highest BCUT2D eigenvalue weighted by Crippen LogP contribution is 2.23. The van der Waals surface area contributed by atoms with E-state index in [-0.39, 0.29) is 11.5 Å². The van der Waals surface area contributed by atoms with E-state index < -0.39 is 9.84 Å². The van der Waals surface area contributed by atoms with Crippen molar-refractivity contribution in [2.75, 3.05) is 19.4 Å². The van der Waals surface area contributed by atoms with Crippen LogP contribution >= 0.6 is 11.6 Å². The normalized spacial score (nSPS) is 11.7. The van der Waals surface area contributed by atoms with Crippen LogP contribution in [-0.2, 0) is 16.4 Å². The minimum atomic E-state index is -3.26. The number of halogens is 1. The van der Waals surface area contributed by atoms with Gasteiger partial charge in [-0.1, -0.05) is 17.7 Å². The smallest absolute Gasteiger partial charge is 0.175 e. The lowest BCUT2D eigenvalue weighted by Crippen LogP contribution is -2.17. The molecular formula is C13H20ClNO3S. The molecule has 1 aromatic carbocycles. The first-order valence-corrected chi connectivity index (χ1v) is 8.52. The molecule has 1 rings (SSSR count). The molecule has 0 aliphatic carbocycles.